The van der Waals surface area contributed by atoms with Crippen LogP contribution in [0, 0.1) is 6.92 Å². The van der Waals surface area contributed by atoms with Crippen LogP contribution in [0.25, 0.3) is 0 Å². The molecule has 0 unspecified atom stereocenters. The van der Waals surface area contributed by atoms with Crippen LogP contribution in [-0.2, 0) is 6.54 Å². The maximum Gasteiger partial charge on any atom is 0.191 e. The fraction of sp³-hybridized carbons (Fsp3) is 0.444. The fourth-order valence-electron chi connectivity index (χ4n) is 1.06. The Hall–Kier alpha value is -1.65. The Morgan fingerprint density at radius 3 is 2.93 bits per heavy atom. The molecule has 0 amide bonds. The SMILES string of the molecule is CN=C(NC)NCc1ccnc(C)n1. The second-order valence-corrected chi connectivity index (χ2v) is 2.77. The lowest BCUT2D eigenvalue weighted by atomic mass is 10.4. The van der Waals surface area contributed by atoms with Gasteiger partial charge in [-0.25, -0.2) is 9.97 Å². The highest BCUT2D eigenvalue weighted by atomic mass is 15.2. The third-order valence-corrected chi connectivity index (χ3v) is 1.73. The highest BCUT2D eigenvalue weighted by Crippen LogP contribution is 1.93. The van der Waals surface area contributed by atoms with Crippen molar-refractivity contribution in [3.8, 4) is 0 Å². The molecule has 5 nitrogen and oxygen atoms in total. The molecule has 0 spiro atoms. The molecule has 0 aliphatic heterocycles. The van der Waals surface area contributed by atoms with E-state index in [-0.39, 0.29) is 0 Å². The largest absolute Gasteiger partial charge is 0.359 e. The van der Waals surface area contributed by atoms with E-state index in [1.807, 2.05) is 20.0 Å². The van der Waals surface area contributed by atoms with Crippen LogP contribution in [0.5, 0.6) is 0 Å². The third kappa shape index (κ3) is 3.01. The van der Waals surface area contributed by atoms with Crippen molar-refractivity contribution in [3.05, 3.63) is 23.8 Å². The van der Waals surface area contributed by atoms with E-state index in [1.165, 1.54) is 0 Å². The quantitative estimate of drug-likeness (QED) is 0.516. The van der Waals surface area contributed by atoms with Crippen molar-refractivity contribution in [3.63, 3.8) is 0 Å². The van der Waals surface area contributed by atoms with Gasteiger partial charge in [0, 0.05) is 20.3 Å². The molecule has 1 aromatic heterocycles. The summed E-state index contributed by atoms with van der Waals surface area (Å²) in [7, 11) is 3.55. The minimum absolute atomic E-state index is 0.650. The van der Waals surface area contributed by atoms with Gasteiger partial charge in [0.15, 0.2) is 5.96 Å². The topological polar surface area (TPSA) is 62.2 Å². The standard InChI is InChI=1S/C9H15N5/c1-7-12-5-4-8(14-7)6-13-9(10-2)11-3/h4-5H,6H2,1-3H3,(H2,10,11,13). The average Bonchev–Trinajstić information content (AvgIpc) is 2.19. The van der Waals surface area contributed by atoms with Gasteiger partial charge in [-0.2, -0.15) is 0 Å². The van der Waals surface area contributed by atoms with Gasteiger partial charge in [0.1, 0.15) is 5.82 Å². The normalized spacial score (nSPS) is 11.2. The van der Waals surface area contributed by atoms with Crippen LogP contribution in [0.3, 0.4) is 0 Å². The second kappa shape index (κ2) is 5.16. The summed E-state index contributed by atoms with van der Waals surface area (Å²) >= 11 is 0. The lowest BCUT2D eigenvalue weighted by molar-refractivity contribution is 0.820. The fourth-order valence-corrected chi connectivity index (χ4v) is 1.06. The molecule has 1 heterocycles. The molecule has 0 saturated heterocycles. The molecular weight excluding hydrogens is 178 g/mol. The van der Waals surface area contributed by atoms with Gasteiger partial charge in [0.25, 0.3) is 0 Å². The zero-order chi connectivity index (χ0) is 10.4. The monoisotopic (exact) mass is 193 g/mol. The van der Waals surface area contributed by atoms with Gasteiger partial charge in [0.2, 0.25) is 0 Å². The minimum atomic E-state index is 0.650. The summed E-state index contributed by atoms with van der Waals surface area (Å²) in [5.74, 6) is 1.53. The van der Waals surface area contributed by atoms with Crippen molar-refractivity contribution in [2.45, 2.75) is 13.5 Å². The highest BCUT2D eigenvalue weighted by molar-refractivity contribution is 5.79. The van der Waals surface area contributed by atoms with E-state index in [0.717, 1.165) is 17.5 Å². The van der Waals surface area contributed by atoms with E-state index in [9.17, 15) is 0 Å². The van der Waals surface area contributed by atoms with E-state index in [4.69, 9.17) is 0 Å². The Balaban J connectivity index is 2.53. The van der Waals surface area contributed by atoms with Crippen molar-refractivity contribution < 1.29 is 0 Å². The number of hydrogen-bond acceptors (Lipinski definition) is 3. The Bertz CT molecular complexity index is 321. The van der Waals surface area contributed by atoms with E-state index in [1.54, 1.807) is 13.2 Å². The van der Waals surface area contributed by atoms with Crippen LogP contribution in [0.2, 0.25) is 0 Å². The van der Waals surface area contributed by atoms with Crippen LogP contribution in [-0.4, -0.2) is 30.0 Å². The van der Waals surface area contributed by atoms with Crippen LogP contribution in [0.15, 0.2) is 17.3 Å². The molecule has 2 N–H and O–H groups in total. The van der Waals surface area contributed by atoms with E-state index >= 15 is 0 Å². The van der Waals surface area contributed by atoms with Crippen LogP contribution in [0.4, 0.5) is 0 Å². The number of aliphatic imine (C=N–C) groups is 1. The van der Waals surface area contributed by atoms with E-state index in [0.29, 0.717) is 6.54 Å². The molecule has 0 bridgehead atoms. The molecular formula is C9H15N5. The first-order chi connectivity index (χ1) is 6.76. The molecule has 76 valence electrons. The summed E-state index contributed by atoms with van der Waals surface area (Å²) in [5, 5.41) is 6.04. The molecule has 0 atom stereocenters. The second-order valence-electron chi connectivity index (χ2n) is 2.77. The lowest BCUT2D eigenvalue weighted by Gasteiger charge is -2.07. The highest BCUT2D eigenvalue weighted by Gasteiger charge is 1.96. The summed E-state index contributed by atoms with van der Waals surface area (Å²) in [4.78, 5) is 12.3. The molecule has 0 aliphatic rings. The van der Waals surface area contributed by atoms with Crippen molar-refractivity contribution >= 4 is 5.96 Å². The molecule has 1 aromatic rings. The van der Waals surface area contributed by atoms with Crippen LogP contribution < -0.4 is 10.6 Å². The Morgan fingerprint density at radius 2 is 2.36 bits per heavy atom. The van der Waals surface area contributed by atoms with Gasteiger partial charge in [-0.3, -0.25) is 4.99 Å². The van der Waals surface area contributed by atoms with Crippen molar-refractivity contribution in [2.75, 3.05) is 14.1 Å². The maximum atomic E-state index is 4.26. The molecule has 1 rings (SSSR count). The predicted octanol–water partition coefficient (Wildman–Crippen LogP) is 0.0798. The Labute approximate surface area is 83.7 Å². The molecule has 0 saturated carbocycles. The number of aromatic nitrogens is 2. The van der Waals surface area contributed by atoms with Crippen molar-refractivity contribution in [1.29, 1.82) is 0 Å². The van der Waals surface area contributed by atoms with Crippen molar-refractivity contribution in [1.82, 2.24) is 20.6 Å². The number of aryl methyl sites for hydroxylation is 1. The molecule has 14 heavy (non-hydrogen) atoms. The first kappa shape index (κ1) is 10.4. The smallest absolute Gasteiger partial charge is 0.191 e. The summed E-state index contributed by atoms with van der Waals surface area (Å²) in [5.41, 5.74) is 0.953. The molecule has 0 aliphatic carbocycles. The number of rotatable bonds is 2. The van der Waals surface area contributed by atoms with Gasteiger partial charge >= 0.3 is 0 Å². The summed E-state index contributed by atoms with van der Waals surface area (Å²) in [6, 6.07) is 1.88. The van der Waals surface area contributed by atoms with Gasteiger partial charge in [-0.05, 0) is 13.0 Å². The number of hydrogen-bond donors (Lipinski definition) is 2. The van der Waals surface area contributed by atoms with Crippen LogP contribution >= 0.6 is 0 Å². The number of nitrogens with zero attached hydrogens (tertiary/aromatic N) is 3. The lowest BCUT2D eigenvalue weighted by Crippen LogP contribution is -2.34. The summed E-state index contributed by atoms with van der Waals surface area (Å²) < 4.78 is 0. The third-order valence-electron chi connectivity index (χ3n) is 1.73. The minimum Gasteiger partial charge on any atom is -0.359 e. The zero-order valence-corrected chi connectivity index (χ0v) is 8.70. The van der Waals surface area contributed by atoms with Gasteiger partial charge in [-0.15, -0.1) is 0 Å². The molecule has 0 fully saturated rings. The maximum absolute atomic E-state index is 4.26. The predicted molar refractivity (Wildman–Crippen MR) is 56.0 cm³/mol. The molecule has 0 aromatic carbocycles. The Morgan fingerprint density at radius 1 is 1.57 bits per heavy atom. The first-order valence-electron chi connectivity index (χ1n) is 4.43. The zero-order valence-electron chi connectivity index (χ0n) is 8.70. The van der Waals surface area contributed by atoms with Crippen LogP contribution in [0.1, 0.15) is 11.5 Å². The number of guanidine groups is 1. The molecule has 0 radical (unpaired) electrons. The first-order valence-corrected chi connectivity index (χ1v) is 4.43. The summed E-state index contributed by atoms with van der Waals surface area (Å²) in [6.45, 7) is 2.52. The number of nitrogens with one attached hydrogen (secondary N) is 2. The Kier molecular flexibility index (Phi) is 3.84. The van der Waals surface area contributed by atoms with Gasteiger partial charge in [0.05, 0.1) is 12.2 Å². The van der Waals surface area contributed by atoms with E-state index < -0.39 is 0 Å². The molecule has 5 heteroatoms. The van der Waals surface area contributed by atoms with Gasteiger partial charge in [-0.1, -0.05) is 0 Å². The van der Waals surface area contributed by atoms with E-state index in [2.05, 4.69) is 25.6 Å². The van der Waals surface area contributed by atoms with Gasteiger partial charge < -0.3 is 10.6 Å². The van der Waals surface area contributed by atoms with Crippen molar-refractivity contribution in [2.24, 2.45) is 4.99 Å². The average molecular weight is 193 g/mol. The summed E-state index contributed by atoms with van der Waals surface area (Å²) in [6.07, 6.45) is 1.75.